The zero-order chi connectivity index (χ0) is 27.1. The van der Waals surface area contributed by atoms with E-state index in [0.717, 1.165) is 16.8 Å². The van der Waals surface area contributed by atoms with Gasteiger partial charge in [-0.1, -0.05) is 11.8 Å². The fourth-order valence-electron chi connectivity index (χ4n) is 4.14. The van der Waals surface area contributed by atoms with E-state index in [1.807, 2.05) is 39.0 Å². The molecule has 3 aromatic rings. The lowest BCUT2D eigenvalue weighted by atomic mass is 9.94. The van der Waals surface area contributed by atoms with Gasteiger partial charge in [-0.05, 0) is 58.0 Å². The van der Waals surface area contributed by atoms with Gasteiger partial charge in [0, 0.05) is 23.1 Å². The molecule has 0 spiro atoms. The monoisotopic (exact) mass is 540 g/mol. The average molecular weight is 541 g/mol. The molecule has 0 saturated carbocycles. The van der Waals surface area contributed by atoms with Crippen LogP contribution >= 0.6 is 11.8 Å². The van der Waals surface area contributed by atoms with Gasteiger partial charge < -0.3 is 34.6 Å². The number of carbonyl (C=O) groups excluding carboxylic acids is 2. The van der Waals surface area contributed by atoms with Crippen LogP contribution in [0.5, 0.6) is 17.2 Å². The number of fused-ring (bicyclic) bond motifs is 1. The molecule has 1 aliphatic rings. The Morgan fingerprint density at radius 1 is 0.947 bits per heavy atom. The third-order valence-corrected chi connectivity index (χ3v) is 6.55. The van der Waals surface area contributed by atoms with Crippen molar-refractivity contribution in [2.24, 2.45) is 0 Å². The third-order valence-electron chi connectivity index (χ3n) is 5.65. The number of imidazole rings is 1. The Bertz CT molecular complexity index is 1340. The molecule has 11 heteroatoms. The zero-order valence-corrected chi connectivity index (χ0v) is 22.7. The van der Waals surface area contributed by atoms with E-state index in [0.29, 0.717) is 53.3 Å². The predicted octanol–water partition coefficient (Wildman–Crippen LogP) is 4.72. The SMILES string of the molecule is CCOC(=O)C1=C(CSc2nc3ccc(OCC)cc3[nH]2)NC(=O)N[C@@H]1c1cc(OCC)ccc1OCC. The Morgan fingerprint density at radius 2 is 1.66 bits per heavy atom. The lowest BCUT2D eigenvalue weighted by Crippen LogP contribution is -2.46. The number of amides is 2. The molecule has 2 heterocycles. The number of aromatic amines is 1. The van der Waals surface area contributed by atoms with Gasteiger partial charge in [-0.25, -0.2) is 14.6 Å². The molecule has 38 heavy (non-hydrogen) atoms. The van der Waals surface area contributed by atoms with Gasteiger partial charge in [0.1, 0.15) is 17.2 Å². The zero-order valence-electron chi connectivity index (χ0n) is 21.9. The summed E-state index contributed by atoms with van der Waals surface area (Å²) in [6, 6.07) is 9.76. The number of benzene rings is 2. The van der Waals surface area contributed by atoms with Gasteiger partial charge in [0.15, 0.2) is 5.16 Å². The number of carbonyl (C=O) groups is 2. The molecule has 0 saturated heterocycles. The van der Waals surface area contributed by atoms with Gasteiger partial charge in [-0.15, -0.1) is 0 Å². The van der Waals surface area contributed by atoms with Crippen molar-refractivity contribution in [3.63, 3.8) is 0 Å². The molecule has 0 radical (unpaired) electrons. The predicted molar refractivity (Wildman–Crippen MR) is 145 cm³/mol. The van der Waals surface area contributed by atoms with Crippen LogP contribution in [0, 0.1) is 0 Å². The van der Waals surface area contributed by atoms with Crippen molar-refractivity contribution in [1.82, 2.24) is 20.6 Å². The molecule has 0 fully saturated rings. The molecule has 1 atom stereocenters. The first-order valence-corrected chi connectivity index (χ1v) is 13.6. The maximum Gasteiger partial charge on any atom is 0.338 e. The van der Waals surface area contributed by atoms with Crippen LogP contribution in [0.25, 0.3) is 11.0 Å². The number of ether oxygens (including phenoxy) is 4. The first kappa shape index (κ1) is 27.2. The van der Waals surface area contributed by atoms with Crippen LogP contribution in [-0.4, -0.2) is 54.1 Å². The number of hydrogen-bond acceptors (Lipinski definition) is 8. The highest BCUT2D eigenvalue weighted by Crippen LogP contribution is 2.37. The summed E-state index contributed by atoms with van der Waals surface area (Å²) in [7, 11) is 0. The summed E-state index contributed by atoms with van der Waals surface area (Å²) in [4.78, 5) is 33.9. The van der Waals surface area contributed by atoms with E-state index in [9.17, 15) is 9.59 Å². The van der Waals surface area contributed by atoms with Gasteiger partial charge in [-0.2, -0.15) is 0 Å². The van der Waals surface area contributed by atoms with Crippen LogP contribution in [0.1, 0.15) is 39.3 Å². The molecule has 0 unspecified atom stereocenters. The van der Waals surface area contributed by atoms with Crippen molar-refractivity contribution in [2.45, 2.75) is 38.9 Å². The molecule has 202 valence electrons. The van der Waals surface area contributed by atoms with Crippen molar-refractivity contribution in [3.8, 4) is 17.2 Å². The van der Waals surface area contributed by atoms with E-state index >= 15 is 0 Å². The number of urea groups is 1. The van der Waals surface area contributed by atoms with E-state index in [4.69, 9.17) is 18.9 Å². The normalized spacial score (nSPS) is 15.2. The number of nitrogens with one attached hydrogen (secondary N) is 3. The first-order chi connectivity index (χ1) is 18.5. The highest BCUT2D eigenvalue weighted by Gasteiger charge is 2.35. The number of thioether (sulfide) groups is 1. The van der Waals surface area contributed by atoms with Crippen molar-refractivity contribution < 1.29 is 28.5 Å². The molecule has 1 aromatic heterocycles. The lowest BCUT2D eigenvalue weighted by Gasteiger charge is -2.30. The highest BCUT2D eigenvalue weighted by atomic mass is 32.2. The molecular weight excluding hydrogens is 508 g/mol. The van der Waals surface area contributed by atoms with Crippen LogP contribution in [0.15, 0.2) is 52.8 Å². The van der Waals surface area contributed by atoms with E-state index in [-0.39, 0.29) is 12.4 Å². The van der Waals surface area contributed by atoms with Crippen molar-refractivity contribution in [2.75, 3.05) is 32.2 Å². The standard InChI is InChI=1S/C27H32N4O6S/c1-5-34-16-10-12-22(36-7-3)18(13-16)24-23(25(32)37-8-4)21(28-26(33)31-24)15-38-27-29-19-11-9-17(35-6-2)14-20(19)30-27/h9-14,24H,5-8,15H2,1-4H3,(H,29,30)(H2,28,31,33)/t24-/m1/s1. The second-order valence-electron chi connectivity index (χ2n) is 8.15. The van der Waals surface area contributed by atoms with E-state index in [2.05, 4.69) is 20.6 Å². The van der Waals surface area contributed by atoms with Gasteiger partial charge in [0.05, 0.1) is 49.1 Å². The summed E-state index contributed by atoms with van der Waals surface area (Å²) in [6.45, 7) is 9.07. The molecular formula is C27H32N4O6S. The number of hydrogen-bond donors (Lipinski definition) is 3. The summed E-state index contributed by atoms with van der Waals surface area (Å²) in [5, 5.41) is 6.31. The summed E-state index contributed by atoms with van der Waals surface area (Å²) in [5.74, 6) is 1.63. The largest absolute Gasteiger partial charge is 0.494 e. The average Bonchev–Trinajstić information content (AvgIpc) is 3.31. The Morgan fingerprint density at radius 3 is 2.37 bits per heavy atom. The minimum atomic E-state index is -0.801. The molecule has 0 bridgehead atoms. The van der Waals surface area contributed by atoms with Crippen LogP contribution in [0.4, 0.5) is 4.79 Å². The minimum Gasteiger partial charge on any atom is -0.494 e. The smallest absolute Gasteiger partial charge is 0.338 e. The van der Waals surface area contributed by atoms with E-state index in [1.54, 1.807) is 25.1 Å². The topological polar surface area (TPSA) is 124 Å². The van der Waals surface area contributed by atoms with Crippen molar-refractivity contribution in [3.05, 3.63) is 53.2 Å². The summed E-state index contributed by atoms with van der Waals surface area (Å²) < 4.78 is 22.5. The summed E-state index contributed by atoms with van der Waals surface area (Å²) in [6.07, 6.45) is 0. The second kappa shape index (κ2) is 12.6. The Kier molecular flexibility index (Phi) is 9.01. The molecule has 10 nitrogen and oxygen atoms in total. The van der Waals surface area contributed by atoms with Gasteiger partial charge in [0.2, 0.25) is 0 Å². The highest BCUT2D eigenvalue weighted by molar-refractivity contribution is 7.99. The van der Waals surface area contributed by atoms with Crippen LogP contribution < -0.4 is 24.8 Å². The number of H-pyrrole nitrogens is 1. The van der Waals surface area contributed by atoms with Gasteiger partial charge in [-0.3, -0.25) is 0 Å². The number of rotatable bonds is 12. The first-order valence-electron chi connectivity index (χ1n) is 12.6. The summed E-state index contributed by atoms with van der Waals surface area (Å²) in [5.41, 5.74) is 2.95. The second-order valence-corrected chi connectivity index (χ2v) is 9.12. The van der Waals surface area contributed by atoms with E-state index < -0.39 is 18.0 Å². The van der Waals surface area contributed by atoms with E-state index in [1.165, 1.54) is 11.8 Å². The molecule has 1 aliphatic heterocycles. The Balaban J connectivity index is 1.70. The van der Waals surface area contributed by atoms with Crippen molar-refractivity contribution >= 4 is 34.8 Å². The molecule has 2 aromatic carbocycles. The maximum absolute atomic E-state index is 13.2. The van der Waals surface area contributed by atoms with Crippen molar-refractivity contribution in [1.29, 1.82) is 0 Å². The Labute approximate surface area is 225 Å². The maximum atomic E-state index is 13.2. The molecule has 0 aliphatic carbocycles. The molecule has 3 N–H and O–H groups in total. The van der Waals surface area contributed by atoms with Crippen LogP contribution in [0.3, 0.4) is 0 Å². The number of aromatic nitrogens is 2. The van der Waals surface area contributed by atoms with Crippen LogP contribution in [0.2, 0.25) is 0 Å². The number of nitrogens with zero attached hydrogens (tertiary/aromatic N) is 1. The quantitative estimate of drug-likeness (QED) is 0.223. The minimum absolute atomic E-state index is 0.187. The number of esters is 1. The van der Waals surface area contributed by atoms with Gasteiger partial charge >= 0.3 is 12.0 Å². The fourth-order valence-corrected chi connectivity index (χ4v) is 4.99. The van der Waals surface area contributed by atoms with Gasteiger partial charge in [0.25, 0.3) is 0 Å². The lowest BCUT2D eigenvalue weighted by molar-refractivity contribution is -0.139. The Hall–Kier alpha value is -3.86. The third kappa shape index (κ3) is 6.16. The van der Waals surface area contributed by atoms with Crippen LogP contribution in [-0.2, 0) is 9.53 Å². The fraction of sp³-hybridized carbons (Fsp3) is 0.370. The molecule has 4 rings (SSSR count). The molecule has 2 amide bonds. The summed E-state index contributed by atoms with van der Waals surface area (Å²) >= 11 is 1.36.